The van der Waals surface area contributed by atoms with Gasteiger partial charge in [0.2, 0.25) is 5.75 Å². The van der Waals surface area contributed by atoms with Crippen LogP contribution in [-0.4, -0.2) is 26.7 Å². The van der Waals surface area contributed by atoms with Crippen LogP contribution in [0.25, 0.3) is 0 Å². The molecule has 0 spiro atoms. The fourth-order valence-electron chi connectivity index (χ4n) is 2.32. The van der Waals surface area contributed by atoms with Crippen LogP contribution in [0, 0.1) is 17.6 Å². The molecular formula is C14H16BF5O3. The lowest BCUT2D eigenvalue weighted by molar-refractivity contribution is -0.276. The van der Waals surface area contributed by atoms with Crippen molar-refractivity contribution in [2.24, 2.45) is 5.92 Å². The maximum Gasteiger partial charge on any atom is 0.573 e. The number of unbranched alkanes of at least 4 members (excludes halogenated alkanes) is 1. The second-order valence-corrected chi connectivity index (χ2v) is 5.37. The zero-order chi connectivity index (χ0) is 17.0. The molecule has 128 valence electrons. The Balaban J connectivity index is 2.05. The third-order valence-corrected chi connectivity index (χ3v) is 3.44. The number of ether oxygens (including phenoxy) is 1. The summed E-state index contributed by atoms with van der Waals surface area (Å²) in [6.07, 6.45) is -2.19. The molecule has 0 atom stereocenters. The van der Waals surface area contributed by atoms with Gasteiger partial charge in [-0.3, -0.25) is 0 Å². The van der Waals surface area contributed by atoms with E-state index in [1.807, 2.05) is 0 Å². The number of hydrogen-bond acceptors (Lipinski definition) is 3. The molecule has 1 aliphatic heterocycles. The third-order valence-electron chi connectivity index (χ3n) is 3.44. The second-order valence-electron chi connectivity index (χ2n) is 5.37. The van der Waals surface area contributed by atoms with Gasteiger partial charge in [0.15, 0.2) is 11.6 Å². The van der Waals surface area contributed by atoms with Crippen LogP contribution in [0.1, 0.15) is 26.2 Å². The monoisotopic (exact) mass is 338 g/mol. The average Bonchev–Trinajstić information content (AvgIpc) is 2.48. The van der Waals surface area contributed by atoms with Crippen LogP contribution in [0.2, 0.25) is 0 Å². The van der Waals surface area contributed by atoms with Crippen molar-refractivity contribution in [3.63, 3.8) is 0 Å². The number of rotatable bonds is 5. The van der Waals surface area contributed by atoms with E-state index in [-0.39, 0.29) is 11.4 Å². The van der Waals surface area contributed by atoms with E-state index in [1.54, 1.807) is 0 Å². The van der Waals surface area contributed by atoms with E-state index in [0.717, 1.165) is 31.4 Å². The quantitative estimate of drug-likeness (QED) is 0.608. The predicted molar refractivity (Wildman–Crippen MR) is 73.3 cm³/mol. The van der Waals surface area contributed by atoms with Crippen molar-refractivity contribution in [1.82, 2.24) is 0 Å². The van der Waals surface area contributed by atoms with E-state index in [4.69, 9.17) is 9.31 Å². The fourth-order valence-corrected chi connectivity index (χ4v) is 2.32. The summed E-state index contributed by atoms with van der Waals surface area (Å²) >= 11 is 0. The zero-order valence-electron chi connectivity index (χ0n) is 12.5. The molecule has 0 unspecified atom stereocenters. The van der Waals surface area contributed by atoms with Crippen molar-refractivity contribution in [2.75, 3.05) is 13.2 Å². The molecule has 1 aromatic carbocycles. The molecule has 1 aromatic rings. The average molecular weight is 338 g/mol. The van der Waals surface area contributed by atoms with E-state index in [9.17, 15) is 22.0 Å². The fraction of sp³-hybridized carbons (Fsp3) is 0.571. The Hall–Kier alpha value is -1.35. The first-order valence-electron chi connectivity index (χ1n) is 7.28. The minimum absolute atomic E-state index is 0.0246. The highest BCUT2D eigenvalue weighted by atomic mass is 19.4. The van der Waals surface area contributed by atoms with Crippen molar-refractivity contribution in [1.29, 1.82) is 0 Å². The van der Waals surface area contributed by atoms with Gasteiger partial charge in [-0.15, -0.1) is 13.2 Å². The summed E-state index contributed by atoms with van der Waals surface area (Å²) in [5.74, 6) is -4.21. The molecule has 0 aliphatic carbocycles. The first-order valence-corrected chi connectivity index (χ1v) is 7.28. The van der Waals surface area contributed by atoms with Gasteiger partial charge in [0.25, 0.3) is 0 Å². The van der Waals surface area contributed by atoms with Crippen LogP contribution in [-0.2, 0) is 9.31 Å². The Bertz CT molecular complexity index is 507. The Labute approximate surface area is 130 Å². The van der Waals surface area contributed by atoms with Crippen LogP contribution in [0.15, 0.2) is 12.1 Å². The van der Waals surface area contributed by atoms with Crippen LogP contribution in [0.4, 0.5) is 22.0 Å². The van der Waals surface area contributed by atoms with Crippen molar-refractivity contribution < 1.29 is 36.0 Å². The van der Waals surface area contributed by atoms with Gasteiger partial charge in [0.05, 0.1) is 0 Å². The van der Waals surface area contributed by atoms with E-state index in [0.29, 0.717) is 13.2 Å². The van der Waals surface area contributed by atoms with Gasteiger partial charge in [0, 0.05) is 19.1 Å². The van der Waals surface area contributed by atoms with Crippen molar-refractivity contribution in [3.8, 4) is 5.75 Å². The Morgan fingerprint density at radius 1 is 1.17 bits per heavy atom. The maximum absolute atomic E-state index is 13.7. The number of alkyl halides is 3. The van der Waals surface area contributed by atoms with Crippen LogP contribution in [0.3, 0.4) is 0 Å². The molecule has 1 fully saturated rings. The molecular weight excluding hydrogens is 322 g/mol. The Morgan fingerprint density at radius 2 is 1.74 bits per heavy atom. The first kappa shape index (κ1) is 18.0. The highest BCUT2D eigenvalue weighted by molar-refractivity contribution is 6.61. The van der Waals surface area contributed by atoms with E-state index in [2.05, 4.69) is 11.7 Å². The highest BCUT2D eigenvalue weighted by Gasteiger charge is 2.36. The molecule has 0 N–H and O–H groups in total. The SMILES string of the molecule is CCCCC1COB(c2cc(F)c(OC(F)(F)F)c(F)c2)OC1. The topological polar surface area (TPSA) is 27.7 Å². The lowest BCUT2D eigenvalue weighted by Gasteiger charge is -2.27. The van der Waals surface area contributed by atoms with E-state index < -0.39 is 30.9 Å². The van der Waals surface area contributed by atoms with Crippen molar-refractivity contribution >= 4 is 12.6 Å². The third kappa shape index (κ3) is 5.07. The Kier molecular flexibility index (Phi) is 5.86. The normalized spacial score (nSPS) is 16.7. The summed E-state index contributed by atoms with van der Waals surface area (Å²) in [4.78, 5) is 0. The first-order chi connectivity index (χ1) is 10.8. The number of hydrogen-bond donors (Lipinski definition) is 0. The van der Waals surface area contributed by atoms with Gasteiger partial charge in [0.1, 0.15) is 0 Å². The van der Waals surface area contributed by atoms with Gasteiger partial charge in [-0.1, -0.05) is 19.8 Å². The van der Waals surface area contributed by atoms with Crippen LogP contribution >= 0.6 is 0 Å². The van der Waals surface area contributed by atoms with Crippen molar-refractivity contribution in [2.45, 2.75) is 32.5 Å². The largest absolute Gasteiger partial charge is 0.573 e. The predicted octanol–water partition coefficient (Wildman–Crippen LogP) is 3.41. The molecule has 0 amide bonds. The molecule has 0 aromatic heterocycles. The second kappa shape index (κ2) is 7.48. The molecule has 0 saturated carbocycles. The minimum Gasteiger partial charge on any atom is -0.407 e. The molecule has 3 nitrogen and oxygen atoms in total. The van der Waals surface area contributed by atoms with E-state index >= 15 is 0 Å². The summed E-state index contributed by atoms with van der Waals surface area (Å²) in [6, 6.07) is 1.45. The van der Waals surface area contributed by atoms with E-state index in [1.165, 1.54) is 0 Å². The molecule has 1 aliphatic rings. The van der Waals surface area contributed by atoms with Gasteiger partial charge in [-0.2, -0.15) is 0 Å². The molecule has 2 rings (SSSR count). The summed E-state index contributed by atoms with van der Waals surface area (Å²) in [7, 11) is -1.00. The summed E-state index contributed by atoms with van der Waals surface area (Å²) in [5.41, 5.74) is -0.0246. The van der Waals surface area contributed by atoms with Crippen LogP contribution in [0.5, 0.6) is 5.75 Å². The molecule has 0 radical (unpaired) electrons. The summed E-state index contributed by atoms with van der Waals surface area (Å²) in [6.45, 7) is 2.80. The number of benzene rings is 1. The summed E-state index contributed by atoms with van der Waals surface area (Å²) < 4.78 is 77.8. The standard InChI is InChI=1S/C14H16BF5O3/c1-2-3-4-9-7-21-15(22-8-9)10-5-11(16)13(12(17)6-10)23-14(18,19)20/h5-6,9H,2-4,7-8H2,1H3. The lowest BCUT2D eigenvalue weighted by Crippen LogP contribution is -2.44. The minimum atomic E-state index is -5.17. The van der Waals surface area contributed by atoms with Gasteiger partial charge in [-0.05, 0) is 24.0 Å². The lowest BCUT2D eigenvalue weighted by atomic mass is 9.77. The van der Waals surface area contributed by atoms with Gasteiger partial charge in [-0.25, -0.2) is 8.78 Å². The van der Waals surface area contributed by atoms with Gasteiger partial charge < -0.3 is 14.0 Å². The highest BCUT2D eigenvalue weighted by Crippen LogP contribution is 2.28. The molecule has 1 saturated heterocycles. The zero-order valence-corrected chi connectivity index (χ0v) is 12.5. The van der Waals surface area contributed by atoms with Crippen LogP contribution < -0.4 is 10.2 Å². The van der Waals surface area contributed by atoms with Gasteiger partial charge >= 0.3 is 13.5 Å². The van der Waals surface area contributed by atoms with Crippen molar-refractivity contribution in [3.05, 3.63) is 23.8 Å². The smallest absolute Gasteiger partial charge is 0.407 e. The summed E-state index contributed by atoms with van der Waals surface area (Å²) in [5, 5.41) is 0. The molecule has 1 heterocycles. The molecule has 0 bridgehead atoms. The molecule has 9 heteroatoms. The molecule has 23 heavy (non-hydrogen) atoms. The maximum atomic E-state index is 13.7. The Morgan fingerprint density at radius 3 is 2.22 bits per heavy atom. The number of halogens is 5.